The van der Waals surface area contributed by atoms with Crippen LogP contribution in [0.4, 0.5) is 17.1 Å². The van der Waals surface area contributed by atoms with Crippen LogP contribution in [0.1, 0.15) is 45.9 Å². The van der Waals surface area contributed by atoms with E-state index in [2.05, 4.69) is 267 Å². The lowest BCUT2D eigenvalue weighted by molar-refractivity contribution is 0.714. The van der Waals surface area contributed by atoms with Crippen molar-refractivity contribution in [2.24, 2.45) is 0 Å². The molecule has 12 rings (SSSR count). The van der Waals surface area contributed by atoms with E-state index in [4.69, 9.17) is 0 Å². The van der Waals surface area contributed by atoms with Crippen molar-refractivity contribution in [3.05, 3.63) is 294 Å². The van der Waals surface area contributed by atoms with Gasteiger partial charge in [-0.2, -0.15) is 0 Å². The van der Waals surface area contributed by atoms with E-state index < -0.39 is 5.41 Å². The van der Waals surface area contributed by atoms with Crippen LogP contribution in [0.3, 0.4) is 0 Å². The molecular formula is C63H45N. The number of nitrogens with zero attached hydrogens (tertiary/aromatic N) is 1. The summed E-state index contributed by atoms with van der Waals surface area (Å²) in [5, 5.41) is 0. The van der Waals surface area contributed by atoms with Gasteiger partial charge in [0.1, 0.15) is 0 Å². The summed E-state index contributed by atoms with van der Waals surface area (Å²) < 4.78 is 0. The number of fused-ring (bicyclic) bond motifs is 6. The van der Waals surface area contributed by atoms with Gasteiger partial charge in [0.05, 0.1) is 11.1 Å². The molecule has 1 nitrogen and oxygen atoms in total. The third kappa shape index (κ3) is 5.71. The first-order valence-electron chi connectivity index (χ1n) is 22.3. The minimum absolute atomic E-state index is 0.307. The van der Waals surface area contributed by atoms with Gasteiger partial charge in [0.15, 0.2) is 0 Å². The largest absolute Gasteiger partial charge is 0.310 e. The van der Waals surface area contributed by atoms with Crippen molar-refractivity contribution in [3.63, 3.8) is 0 Å². The van der Waals surface area contributed by atoms with Gasteiger partial charge in [0, 0.05) is 22.4 Å². The summed E-state index contributed by atoms with van der Waals surface area (Å²) in [6.07, 6.45) is 0. The zero-order valence-corrected chi connectivity index (χ0v) is 35.7. The van der Waals surface area contributed by atoms with E-state index in [1.54, 1.807) is 0 Å². The molecule has 2 aliphatic carbocycles. The Morgan fingerprint density at radius 3 is 1.38 bits per heavy atom. The number of rotatable bonds is 8. The molecule has 0 spiro atoms. The first kappa shape index (κ1) is 37.7. The summed E-state index contributed by atoms with van der Waals surface area (Å²) in [7, 11) is 0. The van der Waals surface area contributed by atoms with E-state index in [0.29, 0.717) is 0 Å². The van der Waals surface area contributed by atoms with Crippen LogP contribution in [-0.2, 0) is 10.8 Å². The highest BCUT2D eigenvalue weighted by Gasteiger charge is 2.46. The van der Waals surface area contributed by atoms with Crippen LogP contribution in [-0.4, -0.2) is 0 Å². The van der Waals surface area contributed by atoms with Crippen molar-refractivity contribution < 1.29 is 0 Å². The van der Waals surface area contributed by atoms with Crippen molar-refractivity contribution in [2.45, 2.75) is 17.8 Å². The molecule has 0 aliphatic heterocycles. The predicted octanol–water partition coefficient (Wildman–Crippen LogP) is 16.2. The molecule has 0 saturated carbocycles. The van der Waals surface area contributed by atoms with Crippen molar-refractivity contribution in [2.75, 3.05) is 4.90 Å². The highest BCUT2D eigenvalue weighted by molar-refractivity contribution is 5.94. The molecule has 1 atom stereocenters. The second-order valence-electron chi connectivity index (χ2n) is 17.3. The SMILES string of the molecule is CC1(c2ccccc2)c2ccccc2-c2ccc(-c3ccccc3N(c3ccc(-c4ccccc4)cc3)c3ccc4c(c3)C(c3ccccc3)(c3ccccc3)c3ccccc3-4)cc21. The van der Waals surface area contributed by atoms with Crippen molar-refractivity contribution in [1.29, 1.82) is 0 Å². The second-order valence-corrected chi connectivity index (χ2v) is 17.3. The average molecular weight is 816 g/mol. The molecule has 1 heteroatoms. The van der Waals surface area contributed by atoms with E-state index in [-0.39, 0.29) is 5.41 Å². The molecule has 10 aromatic rings. The van der Waals surface area contributed by atoms with E-state index in [0.717, 1.165) is 17.1 Å². The molecule has 0 bridgehead atoms. The standard InChI is InChI=1S/C63H45N/c1-62(47-22-8-3-9-23-47)57-31-17-14-29-53(57)55-40-36-46(42-59(55)62)52-28-16-19-33-61(52)64(50-37-34-45(35-38-50)44-20-6-2-7-21-44)51-39-41-56-54-30-15-18-32-58(54)63(60(56)43-51,48-24-10-4-11-25-48)49-26-12-5-13-27-49/h2-43H,1H3. The fraction of sp³-hybridized carbons (Fsp3) is 0.0476. The third-order valence-electron chi connectivity index (χ3n) is 14.1. The summed E-state index contributed by atoms with van der Waals surface area (Å²) in [4.78, 5) is 2.48. The number of hydrogen-bond acceptors (Lipinski definition) is 1. The van der Waals surface area contributed by atoms with Crippen molar-refractivity contribution in [3.8, 4) is 44.5 Å². The van der Waals surface area contributed by atoms with E-state index in [1.807, 2.05) is 0 Å². The lowest BCUT2D eigenvalue weighted by Gasteiger charge is -2.35. The van der Waals surface area contributed by atoms with E-state index in [1.165, 1.54) is 83.5 Å². The zero-order chi connectivity index (χ0) is 42.7. The summed E-state index contributed by atoms with van der Waals surface area (Å²) in [5.41, 5.74) is 21.4. The summed E-state index contributed by atoms with van der Waals surface area (Å²) in [5.74, 6) is 0. The molecule has 302 valence electrons. The molecule has 0 amide bonds. The predicted molar refractivity (Wildman–Crippen MR) is 267 cm³/mol. The molecule has 0 aromatic heterocycles. The smallest absolute Gasteiger partial charge is 0.0714 e. The number of para-hydroxylation sites is 1. The minimum Gasteiger partial charge on any atom is -0.310 e. The van der Waals surface area contributed by atoms with Crippen LogP contribution in [0, 0.1) is 0 Å². The molecule has 2 aliphatic rings. The molecular weight excluding hydrogens is 771 g/mol. The summed E-state index contributed by atoms with van der Waals surface area (Å²) in [6, 6.07) is 94.2. The molecule has 10 aromatic carbocycles. The maximum Gasteiger partial charge on any atom is 0.0714 e. The molecule has 0 radical (unpaired) electrons. The van der Waals surface area contributed by atoms with E-state index in [9.17, 15) is 0 Å². The minimum atomic E-state index is -0.524. The first-order valence-corrected chi connectivity index (χ1v) is 22.3. The maximum atomic E-state index is 2.48. The normalized spacial score (nSPS) is 15.1. The van der Waals surface area contributed by atoms with E-state index >= 15 is 0 Å². The van der Waals surface area contributed by atoms with Crippen molar-refractivity contribution in [1.82, 2.24) is 0 Å². The van der Waals surface area contributed by atoms with Crippen LogP contribution in [0.2, 0.25) is 0 Å². The van der Waals surface area contributed by atoms with Gasteiger partial charge >= 0.3 is 0 Å². The van der Waals surface area contributed by atoms with Gasteiger partial charge in [-0.25, -0.2) is 0 Å². The monoisotopic (exact) mass is 815 g/mol. The van der Waals surface area contributed by atoms with Gasteiger partial charge in [-0.05, 0) is 121 Å². The maximum absolute atomic E-state index is 2.48. The number of benzene rings is 10. The van der Waals surface area contributed by atoms with Crippen LogP contribution in [0.25, 0.3) is 44.5 Å². The highest BCUT2D eigenvalue weighted by atomic mass is 15.1. The molecule has 1 unspecified atom stereocenters. The molecule has 0 fully saturated rings. The van der Waals surface area contributed by atoms with Crippen LogP contribution in [0.5, 0.6) is 0 Å². The van der Waals surface area contributed by atoms with Crippen LogP contribution < -0.4 is 4.90 Å². The first-order chi connectivity index (χ1) is 31.6. The Kier molecular flexibility index (Phi) is 8.91. The fourth-order valence-corrected chi connectivity index (χ4v) is 11.1. The quantitative estimate of drug-likeness (QED) is 0.148. The van der Waals surface area contributed by atoms with Gasteiger partial charge in [-0.15, -0.1) is 0 Å². The number of anilines is 3. The lowest BCUT2D eigenvalue weighted by Crippen LogP contribution is -2.28. The molecule has 0 heterocycles. The average Bonchev–Trinajstić information content (AvgIpc) is 3.82. The summed E-state index contributed by atoms with van der Waals surface area (Å²) in [6.45, 7) is 2.40. The third-order valence-corrected chi connectivity index (χ3v) is 14.1. The fourth-order valence-electron chi connectivity index (χ4n) is 11.1. The van der Waals surface area contributed by atoms with Gasteiger partial charge in [0.2, 0.25) is 0 Å². The Bertz CT molecular complexity index is 3280. The van der Waals surface area contributed by atoms with Gasteiger partial charge in [-0.1, -0.05) is 218 Å². The van der Waals surface area contributed by atoms with Crippen LogP contribution >= 0.6 is 0 Å². The lowest BCUT2D eigenvalue weighted by atomic mass is 9.67. The zero-order valence-electron chi connectivity index (χ0n) is 35.7. The molecule has 0 N–H and O–H groups in total. The second kappa shape index (κ2) is 15.1. The summed E-state index contributed by atoms with van der Waals surface area (Å²) >= 11 is 0. The van der Waals surface area contributed by atoms with Gasteiger partial charge in [-0.3, -0.25) is 0 Å². The highest BCUT2D eigenvalue weighted by Crippen LogP contribution is 2.58. The Labute approximate surface area is 376 Å². The van der Waals surface area contributed by atoms with Crippen LogP contribution in [0.15, 0.2) is 255 Å². The number of hydrogen-bond donors (Lipinski definition) is 0. The topological polar surface area (TPSA) is 3.24 Å². The van der Waals surface area contributed by atoms with Crippen molar-refractivity contribution >= 4 is 17.1 Å². The Morgan fingerprint density at radius 1 is 0.281 bits per heavy atom. The Hall–Kier alpha value is -8.00. The van der Waals surface area contributed by atoms with Gasteiger partial charge < -0.3 is 4.90 Å². The molecule has 0 saturated heterocycles. The Morgan fingerprint density at radius 2 is 0.719 bits per heavy atom. The van der Waals surface area contributed by atoms with Gasteiger partial charge in [0.25, 0.3) is 0 Å². The molecule has 64 heavy (non-hydrogen) atoms. The Balaban J connectivity index is 1.09.